The van der Waals surface area contributed by atoms with Crippen LogP contribution in [0.15, 0.2) is 51.5 Å². The van der Waals surface area contributed by atoms with Gasteiger partial charge in [0.1, 0.15) is 0 Å². The first-order valence-electron chi connectivity index (χ1n) is 9.55. The summed E-state index contributed by atoms with van der Waals surface area (Å²) in [6.07, 6.45) is 1.76. The third kappa shape index (κ3) is 5.21. The number of nitrogens with one attached hydrogen (secondary N) is 1. The summed E-state index contributed by atoms with van der Waals surface area (Å²) in [6, 6.07) is 12.7. The number of anilines is 1. The summed E-state index contributed by atoms with van der Waals surface area (Å²) < 4.78 is 6.21. The Kier molecular flexibility index (Phi) is 6.73. The lowest BCUT2D eigenvalue weighted by atomic mass is 9.97. The Balaban J connectivity index is 1.37. The number of hydrogen-bond acceptors (Lipinski definition) is 5. The van der Waals surface area contributed by atoms with Crippen LogP contribution < -0.4 is 5.32 Å². The van der Waals surface area contributed by atoms with E-state index in [0.717, 1.165) is 29.4 Å². The summed E-state index contributed by atoms with van der Waals surface area (Å²) in [5, 5.41) is 8.19. The number of halogens is 3. The lowest BCUT2D eigenvalue weighted by Crippen LogP contribution is -2.40. The summed E-state index contributed by atoms with van der Waals surface area (Å²) in [5.41, 5.74) is 1.50. The largest absolute Gasteiger partial charge is 0.338 e. The van der Waals surface area contributed by atoms with Crippen molar-refractivity contribution < 1.29 is 9.32 Å². The summed E-state index contributed by atoms with van der Waals surface area (Å²) in [4.78, 5) is 19.4. The van der Waals surface area contributed by atoms with Crippen molar-refractivity contribution in [1.82, 2.24) is 15.0 Å². The van der Waals surface area contributed by atoms with Gasteiger partial charge in [-0.25, -0.2) is 0 Å². The summed E-state index contributed by atoms with van der Waals surface area (Å²) in [7, 11) is 0. The normalized spacial score (nSPS) is 17.1. The number of aromatic nitrogens is 2. The van der Waals surface area contributed by atoms with Crippen LogP contribution in [0.1, 0.15) is 18.7 Å². The second kappa shape index (κ2) is 9.47. The lowest BCUT2D eigenvalue weighted by Gasteiger charge is -2.30. The Bertz CT molecular complexity index is 1060. The number of carbonyl (C=O) groups excluding carboxylic acids is 1. The Labute approximate surface area is 192 Å². The van der Waals surface area contributed by atoms with Gasteiger partial charge in [0.25, 0.3) is 0 Å². The van der Waals surface area contributed by atoms with Crippen LogP contribution in [0.2, 0.25) is 10.0 Å². The molecule has 1 atom stereocenters. The van der Waals surface area contributed by atoms with Crippen LogP contribution in [0.5, 0.6) is 0 Å². The van der Waals surface area contributed by atoms with Gasteiger partial charge in [0, 0.05) is 27.3 Å². The predicted octanol–water partition coefficient (Wildman–Crippen LogP) is 5.66. The van der Waals surface area contributed by atoms with Crippen LogP contribution in [0.3, 0.4) is 0 Å². The van der Waals surface area contributed by atoms with Gasteiger partial charge in [-0.05, 0) is 65.6 Å². The number of rotatable bonds is 5. The fourth-order valence-electron chi connectivity index (χ4n) is 3.49. The number of nitrogens with zero attached hydrogens (tertiary/aromatic N) is 3. The van der Waals surface area contributed by atoms with Crippen LogP contribution in [0.25, 0.3) is 11.4 Å². The zero-order valence-corrected chi connectivity index (χ0v) is 19.0. The number of likely N-dealkylation sites (tertiary alicyclic amines) is 1. The molecule has 9 heteroatoms. The van der Waals surface area contributed by atoms with E-state index in [1.54, 1.807) is 18.2 Å². The van der Waals surface area contributed by atoms with E-state index < -0.39 is 0 Å². The molecule has 6 nitrogen and oxygen atoms in total. The molecule has 4 rings (SSSR count). The Morgan fingerprint density at radius 1 is 1.27 bits per heavy atom. The van der Waals surface area contributed by atoms with E-state index in [1.807, 2.05) is 24.3 Å². The highest BCUT2D eigenvalue weighted by atomic mass is 79.9. The zero-order chi connectivity index (χ0) is 21.1. The quantitative estimate of drug-likeness (QED) is 0.480. The van der Waals surface area contributed by atoms with Crippen LogP contribution in [-0.2, 0) is 11.3 Å². The molecule has 1 aliphatic heterocycles. The molecule has 156 valence electrons. The van der Waals surface area contributed by atoms with Crippen molar-refractivity contribution in [1.29, 1.82) is 0 Å². The van der Waals surface area contributed by atoms with Gasteiger partial charge < -0.3 is 9.84 Å². The Morgan fingerprint density at radius 2 is 2.13 bits per heavy atom. The van der Waals surface area contributed by atoms with Gasteiger partial charge in [0.05, 0.1) is 17.5 Å². The van der Waals surface area contributed by atoms with E-state index in [9.17, 15) is 4.79 Å². The molecule has 3 aromatic rings. The van der Waals surface area contributed by atoms with Gasteiger partial charge in [0.2, 0.25) is 17.6 Å². The van der Waals surface area contributed by atoms with Crippen molar-refractivity contribution in [2.75, 3.05) is 18.4 Å². The molecule has 2 heterocycles. The predicted molar refractivity (Wildman–Crippen MR) is 121 cm³/mol. The molecule has 0 spiro atoms. The number of hydrogen-bond donors (Lipinski definition) is 1. The van der Waals surface area contributed by atoms with Crippen molar-refractivity contribution in [2.24, 2.45) is 5.92 Å². The van der Waals surface area contributed by atoms with Crippen LogP contribution in [0, 0.1) is 5.92 Å². The monoisotopic (exact) mass is 508 g/mol. The number of benzene rings is 2. The topological polar surface area (TPSA) is 71.3 Å². The summed E-state index contributed by atoms with van der Waals surface area (Å²) in [6.45, 7) is 2.01. The van der Waals surface area contributed by atoms with E-state index in [0.29, 0.717) is 40.5 Å². The van der Waals surface area contributed by atoms with Crippen molar-refractivity contribution in [2.45, 2.75) is 19.4 Å². The van der Waals surface area contributed by atoms with Crippen molar-refractivity contribution in [3.63, 3.8) is 0 Å². The van der Waals surface area contributed by atoms with Crippen LogP contribution >= 0.6 is 39.1 Å². The smallest absolute Gasteiger partial charge is 0.241 e. The van der Waals surface area contributed by atoms with E-state index in [1.165, 1.54) is 0 Å². The molecule has 1 saturated heterocycles. The first-order valence-corrected chi connectivity index (χ1v) is 11.1. The molecular formula is C21H19BrCl2N4O2. The molecule has 2 aromatic carbocycles. The average Bonchev–Trinajstić information content (AvgIpc) is 3.19. The highest BCUT2D eigenvalue weighted by Gasteiger charge is 2.27. The van der Waals surface area contributed by atoms with E-state index >= 15 is 0 Å². The molecule has 0 radical (unpaired) electrons. The average molecular weight is 510 g/mol. The van der Waals surface area contributed by atoms with Crippen molar-refractivity contribution in [3.05, 3.63) is 62.9 Å². The fraction of sp³-hybridized carbons (Fsp3) is 0.286. The minimum atomic E-state index is -0.114. The molecule has 1 fully saturated rings. The standard InChI is InChI=1S/C21H19BrCl2N4O2/c22-17-7-6-16(10-18(17)24)25-21(29)14-4-2-8-28(11-14)12-19-26-20(27-30-19)13-3-1-5-15(23)9-13/h1,3,5-7,9-10,14H,2,4,8,11-12H2,(H,25,29). The molecule has 1 aliphatic rings. The van der Waals surface area contributed by atoms with E-state index in [-0.39, 0.29) is 11.8 Å². The Morgan fingerprint density at radius 3 is 2.93 bits per heavy atom. The first-order chi connectivity index (χ1) is 14.5. The maximum absolute atomic E-state index is 12.7. The highest BCUT2D eigenvalue weighted by Crippen LogP contribution is 2.27. The van der Waals surface area contributed by atoms with E-state index in [2.05, 4.69) is 36.3 Å². The second-order valence-electron chi connectivity index (χ2n) is 7.21. The molecule has 0 aliphatic carbocycles. The number of piperidine rings is 1. The van der Waals surface area contributed by atoms with Crippen LogP contribution in [-0.4, -0.2) is 34.0 Å². The van der Waals surface area contributed by atoms with E-state index in [4.69, 9.17) is 27.7 Å². The molecular weight excluding hydrogens is 491 g/mol. The minimum Gasteiger partial charge on any atom is -0.338 e. The Hall–Kier alpha value is -1.93. The molecule has 1 aromatic heterocycles. The second-order valence-corrected chi connectivity index (χ2v) is 8.91. The number of carbonyl (C=O) groups is 1. The first kappa shape index (κ1) is 21.3. The van der Waals surface area contributed by atoms with Gasteiger partial charge >= 0.3 is 0 Å². The third-order valence-corrected chi connectivity index (χ3v) is 6.44. The molecule has 30 heavy (non-hydrogen) atoms. The summed E-state index contributed by atoms with van der Waals surface area (Å²) >= 11 is 15.5. The maximum atomic E-state index is 12.7. The van der Waals surface area contributed by atoms with Crippen molar-refractivity contribution in [3.8, 4) is 11.4 Å². The highest BCUT2D eigenvalue weighted by molar-refractivity contribution is 9.10. The van der Waals surface area contributed by atoms with Gasteiger partial charge in [-0.3, -0.25) is 9.69 Å². The molecule has 1 amide bonds. The van der Waals surface area contributed by atoms with Gasteiger partial charge in [-0.15, -0.1) is 0 Å². The van der Waals surface area contributed by atoms with Crippen molar-refractivity contribution >= 4 is 50.7 Å². The minimum absolute atomic E-state index is 0.0109. The molecule has 1 N–H and O–H groups in total. The molecule has 0 saturated carbocycles. The fourth-order valence-corrected chi connectivity index (χ4v) is 4.10. The van der Waals surface area contributed by atoms with Gasteiger partial charge in [0.15, 0.2) is 0 Å². The molecule has 0 bridgehead atoms. The lowest BCUT2D eigenvalue weighted by molar-refractivity contribution is -0.121. The number of amides is 1. The zero-order valence-electron chi connectivity index (χ0n) is 15.9. The SMILES string of the molecule is O=C(Nc1ccc(Br)c(Cl)c1)C1CCCN(Cc2nc(-c3cccc(Cl)c3)no2)C1. The molecule has 1 unspecified atom stereocenters. The van der Waals surface area contributed by atoms with Gasteiger partial charge in [-0.2, -0.15) is 4.98 Å². The third-order valence-electron chi connectivity index (χ3n) is 4.97. The van der Waals surface area contributed by atoms with Gasteiger partial charge in [-0.1, -0.05) is 40.5 Å². The van der Waals surface area contributed by atoms with Crippen LogP contribution in [0.4, 0.5) is 5.69 Å². The maximum Gasteiger partial charge on any atom is 0.241 e. The summed E-state index contributed by atoms with van der Waals surface area (Å²) in [5.74, 6) is 0.899.